The predicted octanol–water partition coefficient (Wildman–Crippen LogP) is 3.18. The van der Waals surface area contributed by atoms with E-state index in [2.05, 4.69) is 50.2 Å². The number of halogens is 1. The Morgan fingerprint density at radius 3 is 2.94 bits per heavy atom. The first-order chi connectivity index (χ1) is 7.83. The van der Waals surface area contributed by atoms with Gasteiger partial charge in [0.1, 0.15) is 0 Å². The van der Waals surface area contributed by atoms with Crippen molar-refractivity contribution < 1.29 is 0 Å². The summed E-state index contributed by atoms with van der Waals surface area (Å²) in [6.45, 7) is 3.77. The monoisotopic (exact) mass is 278 g/mol. The van der Waals surface area contributed by atoms with E-state index >= 15 is 0 Å². The van der Waals surface area contributed by atoms with Crippen molar-refractivity contribution in [2.45, 2.75) is 12.8 Å². The molecule has 16 heavy (non-hydrogen) atoms. The number of aromatic amines is 1. The van der Waals surface area contributed by atoms with Crippen molar-refractivity contribution in [1.82, 2.24) is 9.88 Å². The summed E-state index contributed by atoms with van der Waals surface area (Å²) in [7, 11) is 0. The van der Waals surface area contributed by atoms with Gasteiger partial charge in [-0.25, -0.2) is 0 Å². The van der Waals surface area contributed by atoms with Crippen LogP contribution >= 0.6 is 15.9 Å². The molecule has 1 aliphatic rings. The molecular formula is C13H15BrN2. The summed E-state index contributed by atoms with van der Waals surface area (Å²) < 4.78 is 1.14. The number of rotatable bonds is 3. The van der Waals surface area contributed by atoms with Crippen molar-refractivity contribution in [3.63, 3.8) is 0 Å². The highest BCUT2D eigenvalue weighted by molar-refractivity contribution is 9.10. The molecule has 1 fully saturated rings. The molecule has 0 saturated carbocycles. The van der Waals surface area contributed by atoms with Gasteiger partial charge < -0.3 is 9.88 Å². The number of nitrogens with zero attached hydrogens (tertiary/aromatic N) is 1. The zero-order valence-corrected chi connectivity index (χ0v) is 10.8. The molecular weight excluding hydrogens is 264 g/mol. The van der Waals surface area contributed by atoms with E-state index in [1.54, 1.807) is 0 Å². The smallest absolute Gasteiger partial charge is 0.0468 e. The van der Waals surface area contributed by atoms with Crippen LogP contribution in [0.1, 0.15) is 12.0 Å². The van der Waals surface area contributed by atoms with Crippen LogP contribution in [-0.2, 0) is 6.42 Å². The second-order valence-corrected chi connectivity index (χ2v) is 5.36. The van der Waals surface area contributed by atoms with Crippen molar-refractivity contribution in [1.29, 1.82) is 0 Å². The summed E-state index contributed by atoms with van der Waals surface area (Å²) in [4.78, 5) is 5.85. The molecule has 1 saturated heterocycles. The van der Waals surface area contributed by atoms with Crippen LogP contribution in [0.25, 0.3) is 10.9 Å². The standard InChI is InChI=1S/C13H15BrN2/c14-11-2-3-12-10(9-15-13(12)8-11)4-7-16-5-1-6-16/h2-3,8-9,15H,1,4-7H2. The maximum absolute atomic E-state index is 3.50. The van der Waals surface area contributed by atoms with Crippen LogP contribution in [0.2, 0.25) is 0 Å². The van der Waals surface area contributed by atoms with Gasteiger partial charge in [-0.15, -0.1) is 0 Å². The van der Waals surface area contributed by atoms with E-state index in [1.165, 1.54) is 42.5 Å². The Morgan fingerprint density at radius 2 is 2.19 bits per heavy atom. The molecule has 2 aromatic rings. The molecule has 0 amide bonds. The molecule has 84 valence electrons. The number of nitrogens with one attached hydrogen (secondary N) is 1. The third-order valence-corrected chi connectivity index (χ3v) is 3.87. The topological polar surface area (TPSA) is 19.0 Å². The molecule has 1 N–H and O–H groups in total. The van der Waals surface area contributed by atoms with E-state index < -0.39 is 0 Å². The molecule has 0 spiro atoms. The Balaban J connectivity index is 1.80. The molecule has 3 rings (SSSR count). The van der Waals surface area contributed by atoms with Crippen LogP contribution in [0.3, 0.4) is 0 Å². The zero-order valence-electron chi connectivity index (χ0n) is 9.17. The molecule has 1 aliphatic heterocycles. The van der Waals surface area contributed by atoms with Crippen molar-refractivity contribution >= 4 is 26.8 Å². The van der Waals surface area contributed by atoms with Gasteiger partial charge >= 0.3 is 0 Å². The SMILES string of the molecule is Brc1ccc2c(CCN3CCC3)c[nH]c2c1. The largest absolute Gasteiger partial charge is 0.361 e. The second kappa shape index (κ2) is 4.22. The highest BCUT2D eigenvalue weighted by Gasteiger charge is 2.13. The van der Waals surface area contributed by atoms with Crippen LogP contribution in [0.15, 0.2) is 28.9 Å². The first-order valence-corrected chi connectivity index (χ1v) is 6.60. The van der Waals surface area contributed by atoms with Gasteiger partial charge in [0.15, 0.2) is 0 Å². The molecule has 0 aliphatic carbocycles. The molecule has 1 aromatic heterocycles. The van der Waals surface area contributed by atoms with E-state index in [-0.39, 0.29) is 0 Å². The first-order valence-electron chi connectivity index (χ1n) is 5.81. The molecule has 0 atom stereocenters. The van der Waals surface area contributed by atoms with Crippen molar-refractivity contribution in [3.05, 3.63) is 34.4 Å². The number of fused-ring (bicyclic) bond motifs is 1. The number of H-pyrrole nitrogens is 1. The van der Waals surface area contributed by atoms with Gasteiger partial charge in [-0.05, 0) is 43.6 Å². The maximum Gasteiger partial charge on any atom is 0.0468 e. The van der Waals surface area contributed by atoms with E-state index in [1.807, 2.05) is 0 Å². The highest BCUT2D eigenvalue weighted by Crippen LogP contribution is 2.23. The van der Waals surface area contributed by atoms with E-state index in [4.69, 9.17) is 0 Å². The normalized spacial score (nSPS) is 16.6. The molecule has 1 aromatic carbocycles. The average Bonchev–Trinajstić information content (AvgIpc) is 2.58. The Kier molecular flexibility index (Phi) is 2.74. The molecule has 2 nitrogen and oxygen atoms in total. The lowest BCUT2D eigenvalue weighted by Crippen LogP contribution is -2.38. The minimum Gasteiger partial charge on any atom is -0.361 e. The molecule has 0 unspecified atom stereocenters. The lowest BCUT2D eigenvalue weighted by molar-refractivity contribution is 0.184. The van der Waals surface area contributed by atoms with Gasteiger partial charge in [0.2, 0.25) is 0 Å². The Hall–Kier alpha value is -0.800. The van der Waals surface area contributed by atoms with Gasteiger partial charge in [-0.1, -0.05) is 22.0 Å². The van der Waals surface area contributed by atoms with Gasteiger partial charge in [-0.2, -0.15) is 0 Å². The summed E-state index contributed by atoms with van der Waals surface area (Å²) >= 11 is 3.50. The Bertz CT molecular complexity index is 500. The van der Waals surface area contributed by atoms with Gasteiger partial charge in [0, 0.05) is 28.1 Å². The minimum absolute atomic E-state index is 1.14. The lowest BCUT2D eigenvalue weighted by Gasteiger charge is -2.30. The Labute approximate surface area is 104 Å². The fraction of sp³-hybridized carbons (Fsp3) is 0.385. The molecule has 3 heteroatoms. The summed E-state index contributed by atoms with van der Waals surface area (Å²) in [6.07, 6.45) is 4.68. The summed E-state index contributed by atoms with van der Waals surface area (Å²) in [5, 5.41) is 1.36. The quantitative estimate of drug-likeness (QED) is 0.914. The van der Waals surface area contributed by atoms with Crippen LogP contribution in [0, 0.1) is 0 Å². The third kappa shape index (κ3) is 1.89. The average molecular weight is 279 g/mol. The van der Waals surface area contributed by atoms with Crippen molar-refractivity contribution in [3.8, 4) is 0 Å². The second-order valence-electron chi connectivity index (χ2n) is 4.45. The molecule has 0 bridgehead atoms. The van der Waals surface area contributed by atoms with Crippen LogP contribution in [0.5, 0.6) is 0 Å². The van der Waals surface area contributed by atoms with E-state index in [0.29, 0.717) is 0 Å². The maximum atomic E-state index is 3.50. The number of benzene rings is 1. The fourth-order valence-electron chi connectivity index (χ4n) is 2.25. The lowest BCUT2D eigenvalue weighted by atomic mass is 10.1. The number of likely N-dealkylation sites (tertiary alicyclic amines) is 1. The number of hydrogen-bond donors (Lipinski definition) is 1. The van der Waals surface area contributed by atoms with E-state index in [0.717, 1.165) is 10.9 Å². The third-order valence-electron chi connectivity index (χ3n) is 3.38. The number of aromatic nitrogens is 1. The summed E-state index contributed by atoms with van der Waals surface area (Å²) in [5.41, 5.74) is 2.67. The van der Waals surface area contributed by atoms with Crippen LogP contribution in [0.4, 0.5) is 0 Å². The minimum atomic E-state index is 1.14. The fourth-order valence-corrected chi connectivity index (χ4v) is 2.61. The predicted molar refractivity (Wildman–Crippen MR) is 70.8 cm³/mol. The van der Waals surface area contributed by atoms with Crippen LogP contribution < -0.4 is 0 Å². The van der Waals surface area contributed by atoms with Crippen molar-refractivity contribution in [2.75, 3.05) is 19.6 Å². The van der Waals surface area contributed by atoms with Crippen LogP contribution in [-0.4, -0.2) is 29.5 Å². The summed E-state index contributed by atoms with van der Waals surface area (Å²) in [6, 6.07) is 6.45. The molecule has 0 radical (unpaired) electrons. The summed E-state index contributed by atoms with van der Waals surface area (Å²) in [5.74, 6) is 0. The molecule has 2 heterocycles. The van der Waals surface area contributed by atoms with Gasteiger partial charge in [0.05, 0.1) is 0 Å². The Morgan fingerprint density at radius 1 is 1.31 bits per heavy atom. The van der Waals surface area contributed by atoms with Crippen molar-refractivity contribution in [2.24, 2.45) is 0 Å². The zero-order chi connectivity index (χ0) is 11.0. The number of hydrogen-bond acceptors (Lipinski definition) is 1. The first kappa shape index (κ1) is 10.4. The van der Waals surface area contributed by atoms with Gasteiger partial charge in [-0.3, -0.25) is 0 Å². The van der Waals surface area contributed by atoms with Gasteiger partial charge in [0.25, 0.3) is 0 Å². The van der Waals surface area contributed by atoms with E-state index in [9.17, 15) is 0 Å². The highest BCUT2D eigenvalue weighted by atomic mass is 79.9.